The summed E-state index contributed by atoms with van der Waals surface area (Å²) < 4.78 is 36.3. The molecule has 0 saturated heterocycles. The Morgan fingerprint density at radius 1 is 1.26 bits per heavy atom. The van der Waals surface area contributed by atoms with Crippen LogP contribution in [0.4, 0.5) is 10.3 Å². The number of hydrogen-bond donors (Lipinski definition) is 0. The molecule has 8 heteroatoms. The fraction of sp³-hybridized carbons (Fsp3) is 0.267. The Labute approximate surface area is 135 Å². The highest BCUT2D eigenvalue weighted by Gasteiger charge is 2.19. The van der Waals surface area contributed by atoms with Crippen LogP contribution in [0.5, 0.6) is 0 Å². The largest absolute Gasteiger partial charge is 0.755 e. The normalized spacial score (nSPS) is 12.3. The first kappa shape index (κ1) is 17.2. The number of carbonyl (C=O) groups excluding carboxylic acids is 1. The molecular formula is C15H15FN3O3S-. The van der Waals surface area contributed by atoms with Crippen LogP contribution in [0.3, 0.4) is 0 Å². The monoisotopic (exact) mass is 336 g/mol. The van der Waals surface area contributed by atoms with Crippen LogP contribution >= 0.6 is 0 Å². The fourth-order valence-electron chi connectivity index (χ4n) is 2.07. The number of anilines is 1. The molecule has 0 saturated carbocycles. The summed E-state index contributed by atoms with van der Waals surface area (Å²) >= 11 is -2.55. The van der Waals surface area contributed by atoms with E-state index in [9.17, 15) is 17.9 Å². The summed E-state index contributed by atoms with van der Waals surface area (Å²) in [6.45, 7) is 3.67. The highest BCUT2D eigenvalue weighted by molar-refractivity contribution is 7.80. The summed E-state index contributed by atoms with van der Waals surface area (Å²) in [7, 11) is 1.30. The third kappa shape index (κ3) is 3.59. The first-order valence-electron chi connectivity index (χ1n) is 6.81. The van der Waals surface area contributed by atoms with Gasteiger partial charge in [-0.05, 0) is 30.2 Å². The van der Waals surface area contributed by atoms with Crippen molar-refractivity contribution in [3.05, 3.63) is 41.3 Å². The van der Waals surface area contributed by atoms with E-state index in [2.05, 4.69) is 9.97 Å². The Kier molecular flexibility index (Phi) is 5.17. The van der Waals surface area contributed by atoms with Gasteiger partial charge in [-0.25, -0.2) is 14.4 Å². The highest BCUT2D eigenvalue weighted by Crippen LogP contribution is 2.28. The summed E-state index contributed by atoms with van der Waals surface area (Å²) in [4.78, 5) is 19.9. The van der Waals surface area contributed by atoms with Crippen molar-refractivity contribution in [2.45, 2.75) is 19.8 Å². The number of carbonyl (C=O) groups is 1. The van der Waals surface area contributed by atoms with Gasteiger partial charge in [0.2, 0.25) is 5.95 Å². The molecule has 1 atom stereocenters. The average molecular weight is 336 g/mol. The van der Waals surface area contributed by atoms with E-state index in [0.717, 1.165) is 4.31 Å². The van der Waals surface area contributed by atoms with Crippen LogP contribution in [0, 0.1) is 5.82 Å². The zero-order chi connectivity index (χ0) is 17.1. The molecule has 0 bridgehead atoms. The van der Waals surface area contributed by atoms with Gasteiger partial charge in [-0.3, -0.25) is 13.3 Å². The lowest BCUT2D eigenvalue weighted by atomic mass is 9.99. The molecule has 0 fully saturated rings. The van der Waals surface area contributed by atoms with Crippen LogP contribution in [0.2, 0.25) is 0 Å². The van der Waals surface area contributed by atoms with E-state index in [0.29, 0.717) is 17.5 Å². The molecule has 1 heterocycles. The molecule has 0 N–H and O–H groups in total. The van der Waals surface area contributed by atoms with E-state index in [4.69, 9.17) is 0 Å². The zero-order valence-corrected chi connectivity index (χ0v) is 13.6. The predicted octanol–water partition coefficient (Wildman–Crippen LogP) is 2.45. The van der Waals surface area contributed by atoms with Crippen molar-refractivity contribution in [2.75, 3.05) is 11.4 Å². The second-order valence-corrected chi connectivity index (χ2v) is 6.15. The Balaban J connectivity index is 2.74. The maximum atomic E-state index is 13.1. The molecule has 1 aromatic heterocycles. The number of aromatic nitrogens is 2. The van der Waals surface area contributed by atoms with Gasteiger partial charge in [0, 0.05) is 23.9 Å². The molecule has 0 spiro atoms. The van der Waals surface area contributed by atoms with Gasteiger partial charge in [0.25, 0.3) is 0 Å². The molecule has 0 aliphatic rings. The summed E-state index contributed by atoms with van der Waals surface area (Å²) in [5.74, 6) is -0.589. The van der Waals surface area contributed by atoms with Crippen molar-refractivity contribution in [3.8, 4) is 11.3 Å². The minimum absolute atomic E-state index is 0.0491. The molecule has 2 aromatic rings. The first-order chi connectivity index (χ1) is 10.8. The lowest BCUT2D eigenvalue weighted by molar-refractivity contribution is 0.112. The lowest BCUT2D eigenvalue weighted by Crippen LogP contribution is -2.23. The summed E-state index contributed by atoms with van der Waals surface area (Å²) in [6, 6.07) is 5.45. The van der Waals surface area contributed by atoms with Crippen LogP contribution in [0.1, 0.15) is 35.8 Å². The van der Waals surface area contributed by atoms with Gasteiger partial charge in [0.1, 0.15) is 5.82 Å². The van der Waals surface area contributed by atoms with Gasteiger partial charge in [0.15, 0.2) is 6.29 Å². The van der Waals surface area contributed by atoms with E-state index >= 15 is 0 Å². The van der Waals surface area contributed by atoms with Gasteiger partial charge in [-0.15, -0.1) is 0 Å². The molecule has 0 aliphatic carbocycles. The Hall–Kier alpha value is -2.19. The van der Waals surface area contributed by atoms with E-state index in [1.807, 2.05) is 13.8 Å². The number of halogens is 1. The number of nitrogens with zero attached hydrogens (tertiary/aromatic N) is 3. The van der Waals surface area contributed by atoms with Gasteiger partial charge in [0.05, 0.1) is 17.0 Å². The Morgan fingerprint density at radius 3 is 2.35 bits per heavy atom. The first-order valence-corrected chi connectivity index (χ1v) is 7.84. The van der Waals surface area contributed by atoms with E-state index < -0.39 is 17.1 Å². The maximum Gasteiger partial charge on any atom is 0.237 e. The topological polar surface area (TPSA) is 86.2 Å². The minimum atomic E-state index is -2.55. The van der Waals surface area contributed by atoms with E-state index in [-0.39, 0.29) is 23.1 Å². The third-order valence-electron chi connectivity index (χ3n) is 3.25. The van der Waals surface area contributed by atoms with Crippen LogP contribution in [0.25, 0.3) is 11.3 Å². The highest BCUT2D eigenvalue weighted by atomic mass is 32.2. The average Bonchev–Trinajstić information content (AvgIpc) is 2.53. The van der Waals surface area contributed by atoms with Crippen molar-refractivity contribution in [1.29, 1.82) is 0 Å². The third-order valence-corrected chi connectivity index (χ3v) is 3.86. The van der Waals surface area contributed by atoms with Crippen LogP contribution in [-0.2, 0) is 11.3 Å². The second kappa shape index (κ2) is 6.93. The Morgan fingerprint density at radius 2 is 1.87 bits per heavy atom. The molecule has 6 nitrogen and oxygen atoms in total. The van der Waals surface area contributed by atoms with Crippen molar-refractivity contribution < 1.29 is 17.9 Å². The zero-order valence-electron chi connectivity index (χ0n) is 12.8. The van der Waals surface area contributed by atoms with E-state index in [1.54, 1.807) is 0 Å². The van der Waals surface area contributed by atoms with E-state index in [1.165, 1.54) is 31.3 Å². The van der Waals surface area contributed by atoms with Crippen LogP contribution in [0.15, 0.2) is 24.3 Å². The SMILES string of the molecule is CC(C)c1nc(N(C)S(=O)[O-])nc(-c2ccc(F)cc2)c1C=O. The lowest BCUT2D eigenvalue weighted by Gasteiger charge is -2.22. The summed E-state index contributed by atoms with van der Waals surface area (Å²) in [6.07, 6.45) is 0.631. The molecule has 1 aromatic carbocycles. The van der Waals surface area contributed by atoms with Gasteiger partial charge in [-0.1, -0.05) is 13.8 Å². The van der Waals surface area contributed by atoms with Crippen LogP contribution in [-0.4, -0.2) is 32.1 Å². The number of rotatable bonds is 5. The minimum Gasteiger partial charge on any atom is -0.755 e. The molecule has 2 rings (SSSR count). The van der Waals surface area contributed by atoms with Crippen molar-refractivity contribution in [2.24, 2.45) is 0 Å². The number of benzene rings is 1. The summed E-state index contributed by atoms with van der Waals surface area (Å²) in [5.41, 5.74) is 1.47. The molecule has 0 radical (unpaired) electrons. The van der Waals surface area contributed by atoms with Gasteiger partial charge < -0.3 is 4.55 Å². The smallest absolute Gasteiger partial charge is 0.237 e. The molecule has 0 amide bonds. The quantitative estimate of drug-likeness (QED) is 0.618. The molecule has 23 heavy (non-hydrogen) atoms. The number of aldehydes is 1. The second-order valence-electron chi connectivity index (χ2n) is 5.17. The molecular weight excluding hydrogens is 321 g/mol. The van der Waals surface area contributed by atoms with Crippen LogP contribution < -0.4 is 4.31 Å². The van der Waals surface area contributed by atoms with Crippen molar-refractivity contribution >= 4 is 23.5 Å². The predicted molar refractivity (Wildman–Crippen MR) is 84.2 cm³/mol. The standard InChI is InChI=1S/C15H16FN3O3S/c1-9(2)13-12(8-20)14(10-4-6-11(16)7-5-10)18-15(17-13)19(3)23(21)22/h4-9H,1-3H3,(H,21,22)/p-1. The van der Waals surface area contributed by atoms with Gasteiger partial charge in [-0.2, -0.15) is 0 Å². The van der Waals surface area contributed by atoms with Crippen molar-refractivity contribution in [1.82, 2.24) is 9.97 Å². The molecule has 0 aliphatic heterocycles. The van der Waals surface area contributed by atoms with Crippen molar-refractivity contribution in [3.63, 3.8) is 0 Å². The summed E-state index contributed by atoms with van der Waals surface area (Å²) in [5, 5.41) is 0. The molecule has 1 unspecified atom stereocenters. The fourth-order valence-corrected chi connectivity index (χ4v) is 2.28. The molecule has 122 valence electrons. The van der Waals surface area contributed by atoms with Gasteiger partial charge >= 0.3 is 0 Å². The Bertz CT molecular complexity index is 750. The number of hydrogen-bond acceptors (Lipinski definition) is 5. The maximum absolute atomic E-state index is 13.1.